The van der Waals surface area contributed by atoms with Crippen molar-refractivity contribution in [1.29, 1.82) is 5.26 Å². The van der Waals surface area contributed by atoms with Gasteiger partial charge in [-0.15, -0.1) is 12.8 Å². The van der Waals surface area contributed by atoms with Gasteiger partial charge in [0.2, 0.25) is 0 Å². The number of nitrogens with zero attached hydrogens (tertiary/aromatic N) is 1. The van der Waals surface area contributed by atoms with E-state index in [2.05, 4.69) is 24.7 Å². The smallest absolute Gasteiger partial charge is 0.375 e. The molecule has 4 nitrogen and oxygen atoms in total. The van der Waals surface area contributed by atoms with Crippen molar-refractivity contribution in [2.24, 2.45) is 0 Å². The number of rotatable bonds is 8. The summed E-state index contributed by atoms with van der Waals surface area (Å²) < 4.78 is 41.5. The Balaban J connectivity index is 0.00000222. The zero-order chi connectivity index (χ0) is 26.9. The monoisotopic (exact) mass is 488 g/mol. The maximum Gasteiger partial charge on any atom is 0.417 e. The van der Waals surface area contributed by atoms with Gasteiger partial charge in [-0.1, -0.05) is 61.2 Å². The zero-order valence-corrected chi connectivity index (χ0v) is 19.5. The minimum absolute atomic E-state index is 0.00856. The van der Waals surface area contributed by atoms with E-state index in [0.717, 1.165) is 23.3 Å². The van der Waals surface area contributed by atoms with E-state index in [4.69, 9.17) is 5.26 Å². The van der Waals surface area contributed by atoms with E-state index in [1.54, 1.807) is 12.1 Å². The molecule has 0 fully saturated rings. The molecule has 7 heteroatoms. The summed E-state index contributed by atoms with van der Waals surface area (Å²) in [6.07, 6.45) is 3.16. The lowest BCUT2D eigenvalue weighted by Crippen LogP contribution is -2.28. The van der Waals surface area contributed by atoms with Gasteiger partial charge < -0.3 is 5.32 Å². The molecule has 1 atom stereocenters. The molecule has 0 aliphatic carbocycles. The summed E-state index contributed by atoms with van der Waals surface area (Å²) in [4.78, 5) is 24.8. The molecule has 0 heterocycles. The van der Waals surface area contributed by atoms with E-state index < -0.39 is 29.1 Å². The largest absolute Gasteiger partial charge is 0.417 e. The average Bonchev–Trinajstić information content (AvgIpc) is 2.89. The van der Waals surface area contributed by atoms with E-state index in [0.29, 0.717) is 0 Å². The van der Waals surface area contributed by atoms with Crippen LogP contribution >= 0.6 is 0 Å². The van der Waals surface area contributed by atoms with E-state index in [-0.39, 0.29) is 29.0 Å². The molecule has 0 amide bonds. The van der Waals surface area contributed by atoms with Crippen LogP contribution in [0.4, 0.5) is 18.9 Å². The van der Waals surface area contributed by atoms with Crippen LogP contribution < -0.4 is 5.32 Å². The highest BCUT2D eigenvalue weighted by atomic mass is 19.4. The maximum absolute atomic E-state index is 13.8. The summed E-state index contributed by atoms with van der Waals surface area (Å²) in [5.41, 5.74) is 0.401. The van der Waals surface area contributed by atoms with Crippen molar-refractivity contribution in [2.75, 3.05) is 5.32 Å². The second-order valence-electron chi connectivity index (χ2n) is 7.76. The van der Waals surface area contributed by atoms with Gasteiger partial charge in [0, 0.05) is 28.8 Å². The number of carbonyl (C=O) groups excluding carboxylic acids is 2. The van der Waals surface area contributed by atoms with Crippen LogP contribution in [0.15, 0.2) is 84.9 Å². The lowest BCUT2D eigenvalue weighted by molar-refractivity contribution is -0.137. The predicted octanol–water partition coefficient (Wildman–Crippen LogP) is 6.69. The molecular weight excluding hydrogens is 465 g/mol. The van der Waals surface area contributed by atoms with Crippen molar-refractivity contribution >= 4 is 17.3 Å². The third kappa shape index (κ3) is 6.94. The third-order valence-corrected chi connectivity index (χ3v) is 5.26. The first-order valence-corrected chi connectivity index (χ1v) is 10.7. The molecule has 0 spiro atoms. The molecular formula is C29H23F3N2O2. The number of nitriles is 1. The van der Waals surface area contributed by atoms with Gasteiger partial charge in [0.25, 0.3) is 0 Å². The number of nitrogens with one attached hydrogen (secondary N) is 1. The van der Waals surface area contributed by atoms with E-state index in [1.165, 1.54) is 25.1 Å². The van der Waals surface area contributed by atoms with Crippen molar-refractivity contribution in [3.05, 3.63) is 102 Å². The fourth-order valence-corrected chi connectivity index (χ4v) is 3.46. The highest BCUT2D eigenvalue weighted by Crippen LogP contribution is 2.35. The molecule has 3 aromatic carbocycles. The van der Waals surface area contributed by atoms with Crippen molar-refractivity contribution in [3.63, 3.8) is 0 Å². The van der Waals surface area contributed by atoms with Crippen LogP contribution in [-0.2, 0) is 11.0 Å². The number of hydrogen-bond donors (Lipinski definition) is 1. The number of benzene rings is 3. The second-order valence-corrected chi connectivity index (χ2v) is 7.76. The summed E-state index contributed by atoms with van der Waals surface area (Å²) in [6, 6.07) is 19.9. The van der Waals surface area contributed by atoms with Crippen molar-refractivity contribution in [1.82, 2.24) is 0 Å². The van der Waals surface area contributed by atoms with Crippen molar-refractivity contribution in [3.8, 4) is 30.0 Å². The van der Waals surface area contributed by atoms with Crippen molar-refractivity contribution < 1.29 is 22.8 Å². The Hall–Kier alpha value is -4.62. The topological polar surface area (TPSA) is 70.0 Å². The van der Waals surface area contributed by atoms with Crippen molar-refractivity contribution in [2.45, 2.75) is 25.6 Å². The van der Waals surface area contributed by atoms with Crippen LogP contribution in [0.3, 0.4) is 0 Å². The number of halogens is 3. The highest BCUT2D eigenvalue weighted by Gasteiger charge is 2.36. The first kappa shape index (κ1) is 27.6. The minimum Gasteiger partial charge on any atom is -0.375 e. The van der Waals surface area contributed by atoms with Crippen LogP contribution in [0.2, 0.25) is 0 Å². The van der Waals surface area contributed by atoms with E-state index in [1.807, 2.05) is 36.4 Å². The number of Topliss-reactive ketones (excluding diaryl/α,β-unsaturated/α-hetero) is 1. The maximum atomic E-state index is 13.8. The Kier molecular flexibility index (Phi) is 9.35. The molecule has 36 heavy (non-hydrogen) atoms. The lowest BCUT2D eigenvalue weighted by atomic mass is 9.95. The lowest BCUT2D eigenvalue weighted by Gasteiger charge is -2.19. The number of terminal acetylenes is 1. The summed E-state index contributed by atoms with van der Waals surface area (Å²) in [7, 11) is 0. The fourth-order valence-electron chi connectivity index (χ4n) is 3.46. The Morgan fingerprint density at radius 1 is 1.00 bits per heavy atom. The number of anilines is 1. The van der Waals surface area contributed by atoms with E-state index >= 15 is 0 Å². The standard InChI is InChI=1S/C27H21F3N2O2.C2H2/c1-17(16-31)14-25(18(2)33)32-22-12-13-23(24(15-22)27(28,29)30)26(34)21-10-8-20(9-11-21)19-6-4-3-5-7-19;1-2/h3-13,15,25,32H,1,14H2,2H3;1-2H. The van der Waals surface area contributed by atoms with Crippen LogP contribution in [0, 0.1) is 24.2 Å². The van der Waals surface area contributed by atoms with Gasteiger partial charge in [-0.3, -0.25) is 9.59 Å². The van der Waals surface area contributed by atoms with Gasteiger partial charge in [0.1, 0.15) is 0 Å². The molecule has 0 aliphatic rings. The first-order valence-electron chi connectivity index (χ1n) is 10.7. The Morgan fingerprint density at radius 3 is 2.11 bits per heavy atom. The minimum atomic E-state index is -4.80. The Morgan fingerprint density at radius 2 is 1.58 bits per heavy atom. The Labute approximate surface area is 208 Å². The average molecular weight is 489 g/mol. The molecule has 0 aliphatic heterocycles. The first-order chi connectivity index (χ1) is 17.1. The molecule has 0 saturated heterocycles. The van der Waals surface area contributed by atoms with Gasteiger partial charge in [0.15, 0.2) is 11.6 Å². The predicted molar refractivity (Wildman–Crippen MR) is 134 cm³/mol. The normalized spacial score (nSPS) is 11.2. The summed E-state index contributed by atoms with van der Waals surface area (Å²) in [6.45, 7) is 4.78. The molecule has 0 saturated carbocycles. The number of carbonyl (C=O) groups is 2. The van der Waals surface area contributed by atoms with Crippen LogP contribution in [0.25, 0.3) is 11.1 Å². The highest BCUT2D eigenvalue weighted by molar-refractivity contribution is 6.10. The van der Waals surface area contributed by atoms with Gasteiger partial charge >= 0.3 is 6.18 Å². The number of ketones is 2. The van der Waals surface area contributed by atoms with Gasteiger partial charge in [0.05, 0.1) is 17.7 Å². The Bertz CT molecular complexity index is 1300. The molecule has 182 valence electrons. The molecule has 1 unspecified atom stereocenters. The van der Waals surface area contributed by atoms with Crippen LogP contribution in [0.5, 0.6) is 0 Å². The molecule has 1 N–H and O–H groups in total. The van der Waals surface area contributed by atoms with Crippen LogP contribution in [-0.4, -0.2) is 17.6 Å². The summed E-state index contributed by atoms with van der Waals surface area (Å²) in [5, 5.41) is 11.6. The molecule has 0 bridgehead atoms. The van der Waals surface area contributed by atoms with Gasteiger partial charge in [-0.25, -0.2) is 0 Å². The quantitative estimate of drug-likeness (QED) is 0.218. The third-order valence-electron chi connectivity index (χ3n) is 5.26. The van der Waals surface area contributed by atoms with E-state index in [9.17, 15) is 22.8 Å². The molecule has 0 radical (unpaired) electrons. The summed E-state index contributed by atoms with van der Waals surface area (Å²) >= 11 is 0. The van der Waals surface area contributed by atoms with Gasteiger partial charge in [-0.05, 0) is 36.2 Å². The molecule has 3 aromatic rings. The fraction of sp³-hybridized carbons (Fsp3) is 0.138. The SMILES string of the molecule is C#C.C=C(C#N)CC(Nc1ccc(C(=O)c2ccc(-c3ccccc3)cc2)c(C(F)(F)F)c1)C(C)=O. The summed E-state index contributed by atoms with van der Waals surface area (Å²) in [5.74, 6) is -1.12. The van der Waals surface area contributed by atoms with Gasteiger partial charge in [-0.2, -0.15) is 18.4 Å². The molecule has 0 aromatic heterocycles. The number of hydrogen-bond acceptors (Lipinski definition) is 4. The number of alkyl halides is 3. The zero-order valence-electron chi connectivity index (χ0n) is 19.5. The molecule has 3 rings (SSSR count). The second kappa shape index (κ2) is 12.2. The van der Waals surface area contributed by atoms with Crippen LogP contribution in [0.1, 0.15) is 34.8 Å².